The zero-order valence-corrected chi connectivity index (χ0v) is 13.8. The maximum Gasteiger partial charge on any atom is 0.184 e. The third-order valence-corrected chi connectivity index (χ3v) is 5.08. The minimum absolute atomic E-state index is 0.0867. The molecule has 0 aromatic heterocycles. The molecule has 2 bridgehead atoms. The second-order valence-corrected chi connectivity index (χ2v) is 11.3. The van der Waals surface area contributed by atoms with E-state index in [2.05, 4.69) is 50.8 Å². The van der Waals surface area contributed by atoms with E-state index in [0.717, 1.165) is 5.56 Å². The van der Waals surface area contributed by atoms with Gasteiger partial charge in [0.1, 0.15) is 5.60 Å². The molecule has 3 aliphatic rings. The first-order chi connectivity index (χ1) is 9.27. The van der Waals surface area contributed by atoms with Gasteiger partial charge in [0.25, 0.3) is 0 Å². The summed E-state index contributed by atoms with van der Waals surface area (Å²) in [7, 11) is -1.66. The van der Waals surface area contributed by atoms with Gasteiger partial charge in [-0.15, -0.1) is 0 Å². The van der Waals surface area contributed by atoms with E-state index in [4.69, 9.17) is 14.2 Å². The molecule has 108 valence electrons. The Bertz CT molecular complexity index is 563. The summed E-state index contributed by atoms with van der Waals surface area (Å²) in [5.41, 5.74) is 1.20. The number of benzene rings is 1. The molecule has 0 saturated carbocycles. The Balaban J connectivity index is 2.08. The number of rotatable bonds is 3. The van der Waals surface area contributed by atoms with Gasteiger partial charge in [0.05, 0.1) is 6.10 Å². The fourth-order valence-corrected chi connectivity index (χ4v) is 4.30. The summed E-state index contributed by atoms with van der Waals surface area (Å²) < 4.78 is 6.27. The van der Waals surface area contributed by atoms with Gasteiger partial charge in [0, 0.05) is 5.56 Å². The Labute approximate surface area is 121 Å². The summed E-state index contributed by atoms with van der Waals surface area (Å²) in [4.78, 5) is 11.5. The molecule has 3 nitrogen and oxygen atoms in total. The molecule has 20 heavy (non-hydrogen) atoms. The number of fused-ring (bicyclic) bond motifs is 1. The third kappa shape index (κ3) is 1.99. The highest BCUT2D eigenvalue weighted by atomic mass is 28.4. The van der Waals surface area contributed by atoms with Gasteiger partial charge in [-0.2, -0.15) is 0 Å². The topological polar surface area (TPSA) is 27.7 Å². The number of hydrogen-bond acceptors (Lipinski definition) is 3. The molecular formula is C16H22O3Si. The molecule has 2 heterocycles. The maximum absolute atomic E-state index is 6.27. The summed E-state index contributed by atoms with van der Waals surface area (Å²) in [5.74, 6) is 0. The van der Waals surface area contributed by atoms with Crippen molar-refractivity contribution in [1.29, 1.82) is 0 Å². The normalized spacial score (nSPS) is 33.0. The first-order valence-corrected chi connectivity index (χ1v) is 10.5. The Kier molecular flexibility index (Phi) is 3.00. The van der Waals surface area contributed by atoms with Gasteiger partial charge in [-0.25, -0.2) is 9.78 Å². The molecule has 0 unspecified atom stereocenters. The van der Waals surface area contributed by atoms with Crippen LogP contribution >= 0.6 is 0 Å². The van der Waals surface area contributed by atoms with Crippen molar-refractivity contribution in [2.45, 2.75) is 50.8 Å². The van der Waals surface area contributed by atoms with Gasteiger partial charge in [-0.3, -0.25) is 0 Å². The molecule has 3 atom stereocenters. The predicted octanol–water partition coefficient (Wildman–Crippen LogP) is 3.87. The minimum atomic E-state index is -1.66. The lowest BCUT2D eigenvalue weighted by Crippen LogP contribution is -2.53. The van der Waals surface area contributed by atoms with Crippen molar-refractivity contribution in [2.75, 3.05) is 0 Å². The van der Waals surface area contributed by atoms with Crippen LogP contribution in [0.15, 0.2) is 36.4 Å². The molecule has 1 aliphatic carbocycles. The first-order valence-electron chi connectivity index (χ1n) is 7.12. The van der Waals surface area contributed by atoms with Crippen molar-refractivity contribution in [2.24, 2.45) is 0 Å². The van der Waals surface area contributed by atoms with Gasteiger partial charge in [0.15, 0.2) is 13.9 Å². The predicted molar refractivity (Wildman–Crippen MR) is 80.7 cm³/mol. The van der Waals surface area contributed by atoms with Crippen LogP contribution < -0.4 is 0 Å². The fourth-order valence-electron chi connectivity index (χ4n) is 3.06. The molecule has 4 rings (SSSR count). The monoisotopic (exact) mass is 290 g/mol. The zero-order chi connectivity index (χ0) is 14.6. The van der Waals surface area contributed by atoms with E-state index in [0.29, 0.717) is 0 Å². The average Bonchev–Trinajstić information content (AvgIpc) is 2.38. The van der Waals surface area contributed by atoms with Crippen LogP contribution in [0, 0.1) is 0 Å². The molecule has 0 spiro atoms. The van der Waals surface area contributed by atoms with E-state index in [1.54, 1.807) is 0 Å². The van der Waals surface area contributed by atoms with Crippen molar-refractivity contribution >= 4 is 8.32 Å². The highest BCUT2D eigenvalue weighted by Crippen LogP contribution is 2.51. The van der Waals surface area contributed by atoms with Crippen LogP contribution in [0.3, 0.4) is 0 Å². The summed E-state index contributed by atoms with van der Waals surface area (Å²) in [5, 5.41) is 0. The summed E-state index contributed by atoms with van der Waals surface area (Å²) in [6, 6.07) is 8.31. The van der Waals surface area contributed by atoms with E-state index in [-0.39, 0.29) is 6.10 Å². The molecule has 2 aliphatic heterocycles. The number of hydrogen-bond donors (Lipinski definition) is 0. The Morgan fingerprint density at radius 3 is 2.25 bits per heavy atom. The standard InChI is InChI=1S/C16H22O3Si/c1-12(17-20(3,4)5)16-11-10-15(2,18-19-16)13-8-6-7-9-14(13)16/h6-12H,1-5H3/t12-,15+,16+/m1/s1. The Hall–Kier alpha value is -0.943. The Morgan fingerprint density at radius 1 is 1.05 bits per heavy atom. The second-order valence-electron chi connectivity index (χ2n) is 6.82. The van der Waals surface area contributed by atoms with Crippen LogP contribution in [0.2, 0.25) is 19.6 Å². The molecule has 0 radical (unpaired) electrons. The highest BCUT2D eigenvalue weighted by molar-refractivity contribution is 6.69. The summed E-state index contributed by atoms with van der Waals surface area (Å²) in [6.45, 7) is 10.7. The van der Waals surface area contributed by atoms with Crippen molar-refractivity contribution in [1.82, 2.24) is 0 Å². The fraction of sp³-hybridized carbons (Fsp3) is 0.500. The van der Waals surface area contributed by atoms with Crippen LogP contribution in [0.25, 0.3) is 0 Å². The lowest BCUT2D eigenvalue weighted by Gasteiger charge is -2.50. The average molecular weight is 290 g/mol. The third-order valence-electron chi connectivity index (χ3n) is 4.02. The smallest absolute Gasteiger partial charge is 0.184 e. The van der Waals surface area contributed by atoms with Crippen LogP contribution in [0.4, 0.5) is 0 Å². The van der Waals surface area contributed by atoms with Gasteiger partial charge in [-0.1, -0.05) is 24.3 Å². The molecular weight excluding hydrogens is 268 g/mol. The maximum atomic E-state index is 6.27. The SMILES string of the molecule is C[C@@H](O[Si](C)(C)C)[C@]12C=C[C@](C)(OO1)c1ccccc12. The van der Waals surface area contributed by atoms with Gasteiger partial charge in [0.2, 0.25) is 0 Å². The molecule has 4 heteroatoms. The van der Waals surface area contributed by atoms with E-state index < -0.39 is 19.5 Å². The van der Waals surface area contributed by atoms with Crippen molar-refractivity contribution < 1.29 is 14.2 Å². The van der Waals surface area contributed by atoms with Crippen molar-refractivity contribution in [3.63, 3.8) is 0 Å². The highest BCUT2D eigenvalue weighted by Gasteiger charge is 2.53. The molecule has 0 amide bonds. The largest absolute Gasteiger partial charge is 0.411 e. The second kappa shape index (κ2) is 4.27. The molecule has 0 N–H and O–H groups in total. The van der Waals surface area contributed by atoms with Crippen LogP contribution in [-0.2, 0) is 25.4 Å². The first kappa shape index (κ1) is 14.0. The van der Waals surface area contributed by atoms with Crippen LogP contribution in [0.5, 0.6) is 0 Å². The lowest BCUT2D eigenvalue weighted by atomic mass is 9.74. The molecule has 1 aromatic rings. The quantitative estimate of drug-likeness (QED) is 0.480. The van der Waals surface area contributed by atoms with Crippen molar-refractivity contribution in [3.05, 3.63) is 47.5 Å². The van der Waals surface area contributed by atoms with E-state index >= 15 is 0 Å². The van der Waals surface area contributed by atoms with Gasteiger partial charge in [-0.05, 0) is 51.2 Å². The van der Waals surface area contributed by atoms with Crippen LogP contribution in [0.1, 0.15) is 25.0 Å². The molecule has 0 fully saturated rings. The van der Waals surface area contributed by atoms with Gasteiger partial charge >= 0.3 is 0 Å². The summed E-state index contributed by atoms with van der Waals surface area (Å²) >= 11 is 0. The lowest BCUT2D eigenvalue weighted by molar-refractivity contribution is -0.429. The van der Waals surface area contributed by atoms with Crippen molar-refractivity contribution in [3.8, 4) is 0 Å². The van der Waals surface area contributed by atoms with Crippen LogP contribution in [-0.4, -0.2) is 14.4 Å². The minimum Gasteiger partial charge on any atom is -0.411 e. The van der Waals surface area contributed by atoms with E-state index in [9.17, 15) is 0 Å². The zero-order valence-electron chi connectivity index (χ0n) is 12.8. The van der Waals surface area contributed by atoms with E-state index in [1.165, 1.54) is 5.56 Å². The van der Waals surface area contributed by atoms with Gasteiger partial charge < -0.3 is 4.43 Å². The summed E-state index contributed by atoms with van der Waals surface area (Å²) in [6.07, 6.45) is 4.10. The molecule has 1 aromatic carbocycles. The Morgan fingerprint density at radius 2 is 1.70 bits per heavy atom. The molecule has 0 saturated heterocycles. The van der Waals surface area contributed by atoms with E-state index in [1.807, 2.05) is 19.1 Å².